The predicted octanol–water partition coefficient (Wildman–Crippen LogP) is 3.57. The molecule has 0 atom stereocenters. The highest BCUT2D eigenvalue weighted by Gasteiger charge is 2.13. The lowest BCUT2D eigenvalue weighted by molar-refractivity contribution is 0.558. The molecule has 4 rings (SSSR count). The molecule has 0 N–H and O–H groups in total. The minimum atomic E-state index is -0.499. The van der Waals surface area contributed by atoms with Crippen molar-refractivity contribution < 1.29 is 8.83 Å². The van der Waals surface area contributed by atoms with E-state index in [0.717, 1.165) is 5.39 Å². The van der Waals surface area contributed by atoms with Gasteiger partial charge >= 0.3 is 11.3 Å². The van der Waals surface area contributed by atoms with Crippen LogP contribution in [0.4, 0.5) is 0 Å². The van der Waals surface area contributed by atoms with Gasteiger partial charge < -0.3 is 8.83 Å². The van der Waals surface area contributed by atoms with Crippen molar-refractivity contribution in [2.45, 2.75) is 0 Å². The zero-order valence-corrected chi connectivity index (χ0v) is 11.4. The zero-order valence-electron chi connectivity index (χ0n) is 11.4. The summed E-state index contributed by atoms with van der Waals surface area (Å²) in [5, 5.41) is 1.50. The Morgan fingerprint density at radius 1 is 0.682 bits per heavy atom. The van der Waals surface area contributed by atoms with Crippen LogP contribution in [0.15, 0.2) is 79.1 Å². The second kappa shape index (κ2) is 4.70. The first-order valence-electron chi connectivity index (χ1n) is 6.78. The van der Waals surface area contributed by atoms with Gasteiger partial charge in [0.05, 0.1) is 5.56 Å². The number of rotatable bonds is 1. The molecule has 4 aromatic rings. The highest BCUT2D eigenvalue weighted by molar-refractivity contribution is 5.94. The van der Waals surface area contributed by atoms with Crippen LogP contribution in [0.2, 0.25) is 0 Å². The average Bonchev–Trinajstić information content (AvgIpc) is 2.53. The molecule has 0 saturated heterocycles. The number of benzene rings is 2. The van der Waals surface area contributed by atoms with Crippen molar-refractivity contribution in [2.24, 2.45) is 0 Å². The normalized spacial score (nSPS) is 11.1. The van der Waals surface area contributed by atoms with Crippen LogP contribution in [-0.4, -0.2) is 0 Å². The highest BCUT2D eigenvalue weighted by Crippen LogP contribution is 2.26. The molecule has 2 aromatic heterocycles. The van der Waals surface area contributed by atoms with Crippen LogP contribution in [0.5, 0.6) is 0 Å². The summed E-state index contributed by atoms with van der Waals surface area (Å²) in [6.45, 7) is 0. The van der Waals surface area contributed by atoms with Crippen molar-refractivity contribution in [3.8, 4) is 11.1 Å². The fourth-order valence-electron chi connectivity index (χ4n) is 2.58. The van der Waals surface area contributed by atoms with Crippen molar-refractivity contribution >= 4 is 21.9 Å². The van der Waals surface area contributed by atoms with Crippen molar-refractivity contribution in [3.05, 3.63) is 81.5 Å². The Bertz CT molecular complexity index is 1120. The topological polar surface area (TPSA) is 60.4 Å². The number of para-hydroxylation sites is 2. The fourth-order valence-corrected chi connectivity index (χ4v) is 2.58. The predicted molar refractivity (Wildman–Crippen MR) is 84.0 cm³/mol. The smallest absolute Gasteiger partial charge is 0.344 e. The molecule has 0 fully saturated rings. The monoisotopic (exact) mass is 290 g/mol. The number of hydrogen-bond acceptors (Lipinski definition) is 4. The first-order chi connectivity index (χ1) is 10.7. The van der Waals surface area contributed by atoms with E-state index in [1.807, 2.05) is 24.3 Å². The van der Waals surface area contributed by atoms with E-state index in [1.54, 1.807) is 30.3 Å². The van der Waals surface area contributed by atoms with Crippen molar-refractivity contribution in [2.75, 3.05) is 0 Å². The summed E-state index contributed by atoms with van der Waals surface area (Å²) in [4.78, 5) is 24.0. The minimum absolute atomic E-state index is 0.350. The van der Waals surface area contributed by atoms with Gasteiger partial charge in [-0.3, -0.25) is 0 Å². The maximum absolute atomic E-state index is 12.3. The zero-order chi connectivity index (χ0) is 15.1. The maximum Gasteiger partial charge on any atom is 0.344 e. The van der Waals surface area contributed by atoms with E-state index >= 15 is 0 Å². The highest BCUT2D eigenvalue weighted by atomic mass is 16.4. The van der Waals surface area contributed by atoms with Gasteiger partial charge in [-0.1, -0.05) is 36.4 Å². The summed E-state index contributed by atoms with van der Waals surface area (Å²) < 4.78 is 10.5. The van der Waals surface area contributed by atoms with Crippen LogP contribution in [0, 0.1) is 0 Å². The molecule has 0 radical (unpaired) electrons. The van der Waals surface area contributed by atoms with Gasteiger partial charge in [-0.15, -0.1) is 0 Å². The fraction of sp³-hybridized carbons (Fsp3) is 0. The van der Waals surface area contributed by atoms with Crippen LogP contribution in [0.1, 0.15) is 0 Å². The summed E-state index contributed by atoms with van der Waals surface area (Å²) in [6, 6.07) is 17.4. The van der Waals surface area contributed by atoms with E-state index in [9.17, 15) is 9.59 Å². The second-order valence-electron chi connectivity index (χ2n) is 4.96. The molecule has 0 saturated carbocycles. The van der Waals surface area contributed by atoms with Crippen LogP contribution in [0.25, 0.3) is 33.1 Å². The van der Waals surface area contributed by atoms with E-state index in [2.05, 4.69) is 0 Å². The summed E-state index contributed by atoms with van der Waals surface area (Å²) >= 11 is 0. The molecule has 0 aliphatic heterocycles. The van der Waals surface area contributed by atoms with Gasteiger partial charge in [0.15, 0.2) is 0 Å². The Labute approximate surface area is 124 Å². The first kappa shape index (κ1) is 12.6. The third-order valence-electron chi connectivity index (χ3n) is 3.58. The molecule has 22 heavy (non-hydrogen) atoms. The lowest BCUT2D eigenvalue weighted by Gasteiger charge is -2.05. The van der Waals surface area contributed by atoms with Crippen LogP contribution < -0.4 is 11.3 Å². The molecule has 0 spiro atoms. The van der Waals surface area contributed by atoms with Crippen molar-refractivity contribution in [3.63, 3.8) is 0 Å². The van der Waals surface area contributed by atoms with Crippen LogP contribution in [0.3, 0.4) is 0 Å². The lowest BCUT2D eigenvalue weighted by Crippen LogP contribution is -2.06. The molecule has 0 aliphatic carbocycles. The molecular weight excluding hydrogens is 280 g/mol. The van der Waals surface area contributed by atoms with E-state index in [4.69, 9.17) is 8.83 Å². The molecule has 4 nitrogen and oxygen atoms in total. The maximum atomic E-state index is 12.3. The second-order valence-corrected chi connectivity index (χ2v) is 4.96. The Balaban J connectivity index is 2.13. The third-order valence-corrected chi connectivity index (χ3v) is 3.58. The summed E-state index contributed by atoms with van der Waals surface area (Å²) in [5.74, 6) is 0. The quantitative estimate of drug-likeness (QED) is 0.503. The van der Waals surface area contributed by atoms with Gasteiger partial charge in [0.1, 0.15) is 11.2 Å². The van der Waals surface area contributed by atoms with E-state index in [1.165, 1.54) is 6.07 Å². The molecule has 4 heteroatoms. The molecule has 0 unspecified atom stereocenters. The molecule has 2 aromatic carbocycles. The van der Waals surface area contributed by atoms with Gasteiger partial charge in [0, 0.05) is 22.4 Å². The third kappa shape index (κ3) is 1.93. The molecular formula is C18H10O4. The molecule has 0 aliphatic rings. The molecule has 106 valence electrons. The summed E-state index contributed by atoms with van der Waals surface area (Å²) in [7, 11) is 0. The van der Waals surface area contributed by atoms with E-state index in [-0.39, 0.29) is 0 Å². The van der Waals surface area contributed by atoms with E-state index < -0.39 is 11.3 Å². The molecule has 2 heterocycles. The van der Waals surface area contributed by atoms with E-state index in [0.29, 0.717) is 27.7 Å². The molecule has 0 amide bonds. The largest absolute Gasteiger partial charge is 0.423 e. The SMILES string of the molecule is O=c1cc(-c2cc3ccccc3oc2=O)c2ccccc2o1. The summed E-state index contributed by atoms with van der Waals surface area (Å²) in [5.41, 5.74) is 0.853. The van der Waals surface area contributed by atoms with Gasteiger partial charge in [0.2, 0.25) is 0 Å². The van der Waals surface area contributed by atoms with Gasteiger partial charge in [-0.2, -0.15) is 0 Å². The van der Waals surface area contributed by atoms with Crippen molar-refractivity contribution in [1.29, 1.82) is 0 Å². The first-order valence-corrected chi connectivity index (χ1v) is 6.78. The van der Waals surface area contributed by atoms with Gasteiger partial charge in [-0.05, 0) is 18.2 Å². The Hall–Kier alpha value is -3.14. The average molecular weight is 290 g/mol. The Kier molecular flexibility index (Phi) is 2.69. The van der Waals surface area contributed by atoms with Gasteiger partial charge in [-0.25, -0.2) is 9.59 Å². The molecule has 0 bridgehead atoms. The lowest BCUT2D eigenvalue weighted by atomic mass is 10.0. The minimum Gasteiger partial charge on any atom is -0.423 e. The Morgan fingerprint density at radius 2 is 1.41 bits per heavy atom. The number of fused-ring (bicyclic) bond motifs is 2. The van der Waals surface area contributed by atoms with Crippen molar-refractivity contribution in [1.82, 2.24) is 0 Å². The standard InChI is InChI=1S/C18H10O4/c19-17-10-13(12-6-2-4-8-16(12)21-17)14-9-11-5-1-3-7-15(11)22-18(14)20/h1-10H. The number of hydrogen-bond donors (Lipinski definition) is 0. The summed E-state index contributed by atoms with van der Waals surface area (Å²) in [6.07, 6.45) is 0. The van der Waals surface area contributed by atoms with Crippen LogP contribution in [-0.2, 0) is 0 Å². The van der Waals surface area contributed by atoms with Crippen LogP contribution >= 0.6 is 0 Å². The Morgan fingerprint density at radius 3 is 2.27 bits per heavy atom. The van der Waals surface area contributed by atoms with Gasteiger partial charge in [0.25, 0.3) is 0 Å².